The molecule has 3 saturated carbocycles. The lowest BCUT2D eigenvalue weighted by atomic mass is 9.43. The van der Waals surface area contributed by atoms with Crippen LogP contribution in [-0.4, -0.2) is 23.7 Å². The van der Waals surface area contributed by atoms with Gasteiger partial charge < -0.3 is 9.73 Å². The van der Waals surface area contributed by atoms with Crippen molar-refractivity contribution in [1.82, 2.24) is 10.3 Å². The number of fused-ring (bicyclic) bond motifs is 1. The minimum absolute atomic E-state index is 0.176. The summed E-state index contributed by atoms with van der Waals surface area (Å²) in [6, 6.07) is 15.3. The van der Waals surface area contributed by atoms with Gasteiger partial charge in [-0.3, -0.25) is 9.59 Å². The molecule has 6 heteroatoms. The third-order valence-electron chi connectivity index (χ3n) is 7.79. The second-order valence-corrected chi connectivity index (χ2v) is 10.3. The molecule has 0 unspecified atom stereocenters. The zero-order chi connectivity index (χ0) is 25.7. The van der Waals surface area contributed by atoms with Crippen molar-refractivity contribution in [1.29, 1.82) is 0 Å². The van der Waals surface area contributed by atoms with E-state index in [0.717, 1.165) is 17.0 Å². The second kappa shape index (κ2) is 8.80. The number of amides is 1. The molecule has 2 aromatic heterocycles. The molecule has 0 spiro atoms. The molecule has 2 bridgehead atoms. The van der Waals surface area contributed by atoms with Crippen LogP contribution in [0.4, 0.5) is 4.39 Å². The molecule has 186 valence electrons. The van der Waals surface area contributed by atoms with Crippen molar-refractivity contribution in [3.63, 3.8) is 0 Å². The first kappa shape index (κ1) is 23.3. The van der Waals surface area contributed by atoms with Crippen molar-refractivity contribution in [3.8, 4) is 22.5 Å². The number of benzene rings is 2. The van der Waals surface area contributed by atoms with Gasteiger partial charge in [0.2, 0.25) is 5.71 Å². The summed E-state index contributed by atoms with van der Waals surface area (Å²) in [7, 11) is 1.55. The lowest BCUT2D eigenvalue weighted by Crippen LogP contribution is -2.52. The molecule has 2 aromatic carbocycles. The van der Waals surface area contributed by atoms with Gasteiger partial charge in [0.1, 0.15) is 11.6 Å². The van der Waals surface area contributed by atoms with E-state index >= 15 is 0 Å². The molecule has 37 heavy (non-hydrogen) atoms. The number of allylic oxidation sites excluding steroid dienone is 1. The standard InChI is InChI=1S/C31H27FN2O3/c1-3-5-25-23(20-6-4-7-21(12-20)26(35)17-31-14-18(15-31)16-31)13-24-27(29(36)33-2)28(37-30(24)34-25)19-8-10-22(32)11-9-19/h3-13,18H,14-17H2,1-2H3,(H,33,36)/b5-3+. The van der Waals surface area contributed by atoms with Crippen LogP contribution >= 0.6 is 0 Å². The van der Waals surface area contributed by atoms with Crippen LogP contribution in [0.5, 0.6) is 0 Å². The molecular weight excluding hydrogens is 467 g/mol. The Morgan fingerprint density at radius 3 is 2.51 bits per heavy atom. The quantitative estimate of drug-likeness (QED) is 0.279. The number of furan rings is 1. The molecule has 3 aliphatic rings. The number of aromatic nitrogens is 1. The number of nitrogens with zero attached hydrogens (tertiary/aromatic N) is 1. The number of rotatable bonds is 7. The number of Topliss-reactive ketones (excluding diaryl/α,β-unsaturated/α-hetero) is 1. The van der Waals surface area contributed by atoms with Gasteiger partial charge in [-0.15, -0.1) is 0 Å². The second-order valence-electron chi connectivity index (χ2n) is 10.3. The normalized spacial score (nSPS) is 20.0. The van der Waals surface area contributed by atoms with Crippen molar-refractivity contribution in [2.75, 3.05) is 7.05 Å². The summed E-state index contributed by atoms with van der Waals surface area (Å²) >= 11 is 0. The van der Waals surface area contributed by atoms with E-state index in [0.29, 0.717) is 45.7 Å². The van der Waals surface area contributed by atoms with E-state index in [4.69, 9.17) is 9.40 Å². The summed E-state index contributed by atoms with van der Waals surface area (Å²) in [5.74, 6) is 0.639. The number of nitrogens with one attached hydrogen (secondary N) is 1. The number of halogens is 1. The van der Waals surface area contributed by atoms with Gasteiger partial charge in [0.05, 0.1) is 16.6 Å². The molecule has 7 rings (SSSR count). The first-order valence-corrected chi connectivity index (χ1v) is 12.6. The van der Waals surface area contributed by atoms with Crippen LogP contribution < -0.4 is 5.32 Å². The average Bonchev–Trinajstić information content (AvgIpc) is 3.23. The Morgan fingerprint density at radius 2 is 1.86 bits per heavy atom. The molecule has 5 nitrogen and oxygen atoms in total. The number of ketones is 1. The first-order valence-electron chi connectivity index (χ1n) is 12.6. The minimum Gasteiger partial charge on any atom is -0.437 e. The molecule has 0 aliphatic heterocycles. The molecule has 1 amide bonds. The highest BCUT2D eigenvalue weighted by atomic mass is 19.1. The summed E-state index contributed by atoms with van der Waals surface area (Å²) in [5, 5.41) is 3.23. The van der Waals surface area contributed by atoms with Crippen LogP contribution in [0.15, 0.2) is 65.1 Å². The summed E-state index contributed by atoms with van der Waals surface area (Å²) in [4.78, 5) is 30.9. The molecule has 3 fully saturated rings. The number of pyridine rings is 1. The predicted octanol–water partition coefficient (Wildman–Crippen LogP) is 7.07. The van der Waals surface area contributed by atoms with Gasteiger partial charge in [0.25, 0.3) is 5.91 Å². The predicted molar refractivity (Wildman–Crippen MR) is 142 cm³/mol. The van der Waals surface area contributed by atoms with E-state index in [1.807, 2.05) is 49.4 Å². The zero-order valence-corrected chi connectivity index (χ0v) is 20.8. The van der Waals surface area contributed by atoms with Gasteiger partial charge in [0, 0.05) is 30.2 Å². The van der Waals surface area contributed by atoms with Crippen LogP contribution in [0.3, 0.4) is 0 Å². The topological polar surface area (TPSA) is 72.2 Å². The smallest absolute Gasteiger partial charge is 0.255 e. The van der Waals surface area contributed by atoms with Gasteiger partial charge in [-0.1, -0.05) is 24.3 Å². The van der Waals surface area contributed by atoms with Crippen LogP contribution in [0.25, 0.3) is 39.6 Å². The number of hydrogen-bond acceptors (Lipinski definition) is 4. The van der Waals surface area contributed by atoms with Crippen LogP contribution in [0.1, 0.15) is 59.0 Å². The lowest BCUT2D eigenvalue weighted by molar-refractivity contribution is -0.103. The summed E-state index contributed by atoms with van der Waals surface area (Å²) in [5.41, 5.74) is 4.46. The highest BCUT2D eigenvalue weighted by Gasteiger charge is 2.56. The molecule has 0 saturated heterocycles. The van der Waals surface area contributed by atoms with Gasteiger partial charge >= 0.3 is 0 Å². The largest absolute Gasteiger partial charge is 0.437 e. The maximum Gasteiger partial charge on any atom is 0.255 e. The third-order valence-corrected chi connectivity index (χ3v) is 7.79. The highest BCUT2D eigenvalue weighted by Crippen LogP contribution is 2.66. The fraction of sp³-hybridized carbons (Fsp3) is 0.258. The van der Waals surface area contributed by atoms with Gasteiger partial charge in [-0.25, -0.2) is 9.37 Å². The molecule has 4 aromatic rings. The van der Waals surface area contributed by atoms with Crippen molar-refractivity contribution in [2.24, 2.45) is 11.3 Å². The Bertz CT molecular complexity index is 1570. The summed E-state index contributed by atoms with van der Waals surface area (Å²) in [6.45, 7) is 1.90. The van der Waals surface area contributed by atoms with Gasteiger partial charge in [-0.05, 0) is 85.6 Å². The number of carbonyl (C=O) groups is 2. The summed E-state index contributed by atoms with van der Waals surface area (Å²) in [6.07, 6.45) is 7.93. The third kappa shape index (κ3) is 3.97. The Kier molecular flexibility index (Phi) is 5.55. The van der Waals surface area contributed by atoms with E-state index in [1.165, 1.54) is 31.4 Å². The summed E-state index contributed by atoms with van der Waals surface area (Å²) < 4.78 is 19.6. The fourth-order valence-electron chi connectivity index (χ4n) is 5.88. The molecule has 2 heterocycles. The molecule has 1 N–H and O–H groups in total. The van der Waals surface area contributed by atoms with E-state index in [1.54, 1.807) is 19.2 Å². The Hall–Kier alpha value is -4.06. The maximum atomic E-state index is 13.6. The molecule has 0 radical (unpaired) electrons. The van der Waals surface area contributed by atoms with Gasteiger partial charge in [0.15, 0.2) is 5.78 Å². The van der Waals surface area contributed by atoms with E-state index in [-0.39, 0.29) is 22.9 Å². The molecule has 3 aliphatic carbocycles. The Balaban J connectivity index is 1.48. The SMILES string of the molecule is C/C=C/c1nc2oc(-c3ccc(F)cc3)c(C(=O)NC)c2cc1-c1cccc(C(=O)CC23CC(C2)C3)c1. The molecular formula is C31H27FN2O3. The maximum absolute atomic E-state index is 13.6. The van der Waals surface area contributed by atoms with Crippen molar-refractivity contribution >= 4 is 28.9 Å². The molecule has 0 atom stereocenters. The van der Waals surface area contributed by atoms with Crippen molar-refractivity contribution < 1.29 is 18.4 Å². The van der Waals surface area contributed by atoms with E-state index in [9.17, 15) is 14.0 Å². The van der Waals surface area contributed by atoms with E-state index < -0.39 is 0 Å². The van der Waals surface area contributed by atoms with Crippen molar-refractivity contribution in [3.05, 3.63) is 83.3 Å². The highest BCUT2D eigenvalue weighted by molar-refractivity contribution is 6.11. The lowest BCUT2D eigenvalue weighted by Gasteiger charge is -2.62. The Labute approximate surface area is 214 Å². The van der Waals surface area contributed by atoms with Crippen molar-refractivity contribution in [2.45, 2.75) is 32.6 Å². The first-order chi connectivity index (χ1) is 17.9. The fourth-order valence-corrected chi connectivity index (χ4v) is 5.88. The number of hydrogen-bond donors (Lipinski definition) is 1. The van der Waals surface area contributed by atoms with Crippen LogP contribution in [0.2, 0.25) is 0 Å². The van der Waals surface area contributed by atoms with Crippen LogP contribution in [-0.2, 0) is 0 Å². The monoisotopic (exact) mass is 494 g/mol. The van der Waals surface area contributed by atoms with Crippen LogP contribution in [0, 0.1) is 17.2 Å². The number of carbonyl (C=O) groups excluding carboxylic acids is 2. The van der Waals surface area contributed by atoms with E-state index in [2.05, 4.69) is 5.32 Å². The average molecular weight is 495 g/mol. The van der Waals surface area contributed by atoms with Gasteiger partial charge in [-0.2, -0.15) is 0 Å². The Morgan fingerprint density at radius 1 is 1.11 bits per heavy atom. The zero-order valence-electron chi connectivity index (χ0n) is 20.8. The minimum atomic E-state index is -0.374.